The first-order valence-electron chi connectivity index (χ1n) is 5.83. The molecular weight excluding hydrogens is 188 g/mol. The van der Waals surface area contributed by atoms with Crippen molar-refractivity contribution in [2.75, 3.05) is 19.6 Å². The van der Waals surface area contributed by atoms with E-state index in [2.05, 4.69) is 27.7 Å². The fourth-order valence-corrected chi connectivity index (χ4v) is 1.98. The molecule has 15 heavy (non-hydrogen) atoms. The predicted octanol–water partition coefficient (Wildman–Crippen LogP) is 1.48. The first kappa shape index (κ1) is 12.5. The molecule has 0 aliphatic carbocycles. The third-order valence-electron chi connectivity index (χ3n) is 3.36. The molecule has 1 atom stereocenters. The van der Waals surface area contributed by atoms with Gasteiger partial charge < -0.3 is 10.6 Å². The summed E-state index contributed by atoms with van der Waals surface area (Å²) in [4.78, 5) is 13.8. The molecule has 3 nitrogen and oxygen atoms in total. The number of amides is 1. The third kappa shape index (κ3) is 3.20. The van der Waals surface area contributed by atoms with Gasteiger partial charge in [0.1, 0.15) is 0 Å². The smallest absolute Gasteiger partial charge is 0.222 e. The van der Waals surface area contributed by atoms with Crippen molar-refractivity contribution in [3.63, 3.8) is 0 Å². The molecule has 0 aromatic heterocycles. The van der Waals surface area contributed by atoms with Gasteiger partial charge in [-0.1, -0.05) is 27.7 Å². The van der Waals surface area contributed by atoms with E-state index in [9.17, 15) is 4.79 Å². The maximum atomic E-state index is 11.8. The van der Waals surface area contributed by atoms with Crippen LogP contribution in [0.3, 0.4) is 0 Å². The van der Waals surface area contributed by atoms with Crippen LogP contribution in [-0.2, 0) is 4.79 Å². The highest BCUT2D eigenvalue weighted by Crippen LogP contribution is 2.27. The summed E-state index contributed by atoms with van der Waals surface area (Å²) in [6.07, 6.45) is 0.721. The van der Waals surface area contributed by atoms with Crippen molar-refractivity contribution in [3.05, 3.63) is 0 Å². The van der Waals surface area contributed by atoms with E-state index < -0.39 is 0 Å². The number of carbonyl (C=O) groups excluding carboxylic acids is 1. The van der Waals surface area contributed by atoms with E-state index in [-0.39, 0.29) is 5.41 Å². The highest BCUT2D eigenvalue weighted by Gasteiger charge is 2.33. The van der Waals surface area contributed by atoms with E-state index in [1.807, 2.05) is 4.90 Å². The van der Waals surface area contributed by atoms with Crippen LogP contribution >= 0.6 is 0 Å². The lowest BCUT2D eigenvalue weighted by Gasteiger charge is -2.29. The van der Waals surface area contributed by atoms with Crippen molar-refractivity contribution >= 4 is 5.91 Å². The van der Waals surface area contributed by atoms with Crippen molar-refractivity contribution in [1.82, 2.24) is 4.90 Å². The van der Waals surface area contributed by atoms with Gasteiger partial charge in [0.15, 0.2) is 0 Å². The van der Waals surface area contributed by atoms with Gasteiger partial charge in [-0.05, 0) is 23.8 Å². The van der Waals surface area contributed by atoms with Gasteiger partial charge in [0, 0.05) is 19.5 Å². The lowest BCUT2D eigenvalue weighted by Crippen LogP contribution is -2.39. The minimum Gasteiger partial charge on any atom is -0.342 e. The maximum absolute atomic E-state index is 11.8. The summed E-state index contributed by atoms with van der Waals surface area (Å²) in [6.45, 7) is 11.0. The van der Waals surface area contributed by atoms with E-state index in [4.69, 9.17) is 5.73 Å². The summed E-state index contributed by atoms with van der Waals surface area (Å²) in [7, 11) is 0. The molecule has 0 radical (unpaired) electrons. The van der Waals surface area contributed by atoms with Crippen LogP contribution in [0.4, 0.5) is 0 Å². The van der Waals surface area contributed by atoms with Gasteiger partial charge in [0.25, 0.3) is 0 Å². The number of likely N-dealkylation sites (tertiary alicyclic amines) is 1. The molecule has 1 rings (SSSR count). The second-order valence-corrected chi connectivity index (χ2v) is 5.85. The van der Waals surface area contributed by atoms with E-state index in [0.29, 0.717) is 24.3 Å². The summed E-state index contributed by atoms with van der Waals surface area (Å²) in [5.41, 5.74) is 5.73. The zero-order valence-electron chi connectivity index (χ0n) is 10.4. The highest BCUT2D eigenvalue weighted by molar-refractivity contribution is 5.78. The molecule has 2 N–H and O–H groups in total. The molecule has 0 spiro atoms. The average Bonchev–Trinajstić information content (AvgIpc) is 2.47. The SMILES string of the molecule is CC(C)C1CC(=O)N(CC(C)(C)CN)C1. The van der Waals surface area contributed by atoms with E-state index in [1.54, 1.807) is 0 Å². The number of hydrogen-bond donors (Lipinski definition) is 1. The molecule has 0 aromatic rings. The molecule has 1 heterocycles. The Labute approximate surface area is 93.0 Å². The summed E-state index contributed by atoms with van der Waals surface area (Å²) in [5.74, 6) is 1.43. The number of carbonyl (C=O) groups is 1. The Morgan fingerprint density at radius 1 is 1.53 bits per heavy atom. The first-order chi connectivity index (χ1) is 6.85. The van der Waals surface area contributed by atoms with Crippen LogP contribution in [0.1, 0.15) is 34.1 Å². The third-order valence-corrected chi connectivity index (χ3v) is 3.36. The van der Waals surface area contributed by atoms with Crippen LogP contribution in [-0.4, -0.2) is 30.4 Å². The zero-order valence-corrected chi connectivity index (χ0v) is 10.4. The van der Waals surface area contributed by atoms with Gasteiger partial charge >= 0.3 is 0 Å². The Morgan fingerprint density at radius 2 is 2.13 bits per heavy atom. The molecule has 1 aliphatic heterocycles. The second-order valence-electron chi connectivity index (χ2n) is 5.85. The van der Waals surface area contributed by atoms with Crippen LogP contribution in [0.5, 0.6) is 0 Å². The summed E-state index contributed by atoms with van der Waals surface area (Å²) in [6, 6.07) is 0. The molecule has 3 heteroatoms. The predicted molar refractivity (Wildman–Crippen MR) is 62.4 cm³/mol. The Hall–Kier alpha value is -0.570. The van der Waals surface area contributed by atoms with Crippen LogP contribution in [0, 0.1) is 17.3 Å². The zero-order chi connectivity index (χ0) is 11.6. The van der Waals surface area contributed by atoms with Crippen molar-refractivity contribution in [3.8, 4) is 0 Å². The molecule has 0 bridgehead atoms. The van der Waals surface area contributed by atoms with Gasteiger partial charge in [-0.15, -0.1) is 0 Å². The summed E-state index contributed by atoms with van der Waals surface area (Å²) < 4.78 is 0. The normalized spacial score (nSPS) is 22.9. The van der Waals surface area contributed by atoms with Crippen LogP contribution in [0.25, 0.3) is 0 Å². The Morgan fingerprint density at radius 3 is 2.53 bits per heavy atom. The van der Waals surface area contributed by atoms with Crippen LogP contribution in [0.15, 0.2) is 0 Å². The Balaban J connectivity index is 2.55. The van der Waals surface area contributed by atoms with Crippen molar-refractivity contribution in [1.29, 1.82) is 0 Å². The van der Waals surface area contributed by atoms with Crippen molar-refractivity contribution in [2.24, 2.45) is 23.0 Å². The van der Waals surface area contributed by atoms with Gasteiger partial charge in [-0.3, -0.25) is 4.79 Å². The molecule has 1 amide bonds. The molecule has 1 unspecified atom stereocenters. The molecule has 0 saturated carbocycles. The van der Waals surface area contributed by atoms with Crippen molar-refractivity contribution in [2.45, 2.75) is 34.1 Å². The second kappa shape index (κ2) is 4.52. The van der Waals surface area contributed by atoms with E-state index in [0.717, 1.165) is 19.5 Å². The van der Waals surface area contributed by atoms with Gasteiger partial charge in [0.05, 0.1) is 0 Å². The molecule has 1 fully saturated rings. The fourth-order valence-electron chi connectivity index (χ4n) is 1.98. The number of rotatable bonds is 4. The Kier molecular flexibility index (Phi) is 3.77. The summed E-state index contributed by atoms with van der Waals surface area (Å²) >= 11 is 0. The molecule has 0 aromatic carbocycles. The number of hydrogen-bond acceptors (Lipinski definition) is 2. The number of nitrogens with two attached hydrogens (primary N) is 1. The highest BCUT2D eigenvalue weighted by atomic mass is 16.2. The fraction of sp³-hybridized carbons (Fsp3) is 0.917. The molecular formula is C12H24N2O. The molecule has 88 valence electrons. The molecule has 1 aliphatic rings. The quantitative estimate of drug-likeness (QED) is 0.767. The largest absolute Gasteiger partial charge is 0.342 e. The number of nitrogens with zero attached hydrogens (tertiary/aromatic N) is 1. The van der Waals surface area contributed by atoms with Crippen LogP contribution < -0.4 is 5.73 Å². The average molecular weight is 212 g/mol. The minimum atomic E-state index is 0.0432. The minimum absolute atomic E-state index is 0.0432. The maximum Gasteiger partial charge on any atom is 0.222 e. The monoisotopic (exact) mass is 212 g/mol. The first-order valence-corrected chi connectivity index (χ1v) is 5.83. The lowest BCUT2D eigenvalue weighted by molar-refractivity contribution is -0.128. The van der Waals surface area contributed by atoms with E-state index in [1.165, 1.54) is 0 Å². The van der Waals surface area contributed by atoms with Crippen LogP contribution in [0.2, 0.25) is 0 Å². The Bertz CT molecular complexity index is 236. The topological polar surface area (TPSA) is 46.3 Å². The standard InChI is InChI=1S/C12H24N2O/c1-9(2)10-5-11(15)14(6-10)8-12(3,4)7-13/h9-10H,5-8,13H2,1-4H3. The van der Waals surface area contributed by atoms with Gasteiger partial charge in [-0.25, -0.2) is 0 Å². The lowest BCUT2D eigenvalue weighted by atomic mass is 9.93. The van der Waals surface area contributed by atoms with E-state index >= 15 is 0 Å². The van der Waals surface area contributed by atoms with Crippen molar-refractivity contribution < 1.29 is 4.79 Å². The van der Waals surface area contributed by atoms with Gasteiger partial charge in [0.2, 0.25) is 5.91 Å². The molecule has 1 saturated heterocycles. The summed E-state index contributed by atoms with van der Waals surface area (Å²) in [5, 5.41) is 0. The van der Waals surface area contributed by atoms with Gasteiger partial charge in [-0.2, -0.15) is 0 Å².